The number of carbonyl (C=O) groups excluding carboxylic acids is 1. The van der Waals surface area contributed by atoms with Gasteiger partial charge in [-0.3, -0.25) is 9.48 Å². The molecule has 0 aliphatic rings. The Morgan fingerprint density at radius 3 is 2.83 bits per heavy atom. The minimum atomic E-state index is 0.0411. The second kappa shape index (κ2) is 7.35. The van der Waals surface area contributed by atoms with E-state index in [0.29, 0.717) is 18.8 Å². The first kappa shape index (κ1) is 15.0. The van der Waals surface area contributed by atoms with Crippen molar-refractivity contribution in [3.63, 3.8) is 0 Å². The SMILES string of the molecule is O=C(CCCn1cccn1)NCc1ccc(-c2ncon2)cc1. The van der Waals surface area contributed by atoms with Crippen LogP contribution in [0.15, 0.2) is 53.6 Å². The molecule has 0 saturated carbocycles. The van der Waals surface area contributed by atoms with Crippen molar-refractivity contribution in [1.29, 1.82) is 0 Å². The summed E-state index contributed by atoms with van der Waals surface area (Å²) in [6.07, 6.45) is 6.18. The van der Waals surface area contributed by atoms with Crippen LogP contribution >= 0.6 is 0 Å². The van der Waals surface area contributed by atoms with Crippen molar-refractivity contribution in [3.8, 4) is 11.4 Å². The predicted molar refractivity (Wildman–Crippen MR) is 83.0 cm³/mol. The lowest BCUT2D eigenvalue weighted by atomic mass is 10.1. The summed E-state index contributed by atoms with van der Waals surface area (Å²) >= 11 is 0. The number of hydrogen-bond acceptors (Lipinski definition) is 5. The van der Waals surface area contributed by atoms with E-state index < -0.39 is 0 Å². The second-order valence-corrected chi connectivity index (χ2v) is 5.10. The summed E-state index contributed by atoms with van der Waals surface area (Å²) in [6, 6.07) is 9.57. The number of benzene rings is 1. The van der Waals surface area contributed by atoms with E-state index in [1.807, 2.05) is 41.2 Å². The number of hydrogen-bond donors (Lipinski definition) is 1. The first-order valence-electron chi connectivity index (χ1n) is 7.41. The Labute approximate surface area is 133 Å². The van der Waals surface area contributed by atoms with E-state index in [2.05, 4.69) is 20.6 Å². The van der Waals surface area contributed by atoms with Gasteiger partial charge in [-0.15, -0.1) is 0 Å². The average Bonchev–Trinajstić information content (AvgIpc) is 3.27. The topological polar surface area (TPSA) is 85.8 Å². The van der Waals surface area contributed by atoms with Gasteiger partial charge in [0.1, 0.15) is 0 Å². The van der Waals surface area contributed by atoms with Gasteiger partial charge < -0.3 is 9.84 Å². The molecule has 2 aromatic heterocycles. The molecule has 0 fully saturated rings. The summed E-state index contributed by atoms with van der Waals surface area (Å²) in [5.74, 6) is 0.596. The summed E-state index contributed by atoms with van der Waals surface area (Å²) in [5, 5.41) is 10.8. The maximum absolute atomic E-state index is 11.8. The van der Waals surface area contributed by atoms with Crippen molar-refractivity contribution in [1.82, 2.24) is 25.2 Å². The third-order valence-corrected chi connectivity index (χ3v) is 3.41. The molecule has 1 amide bonds. The molecule has 7 nitrogen and oxygen atoms in total. The number of amides is 1. The highest BCUT2D eigenvalue weighted by atomic mass is 16.5. The molecule has 0 spiro atoms. The lowest BCUT2D eigenvalue weighted by Gasteiger charge is -2.06. The van der Waals surface area contributed by atoms with E-state index in [1.54, 1.807) is 6.20 Å². The quantitative estimate of drug-likeness (QED) is 0.721. The fourth-order valence-electron chi connectivity index (χ4n) is 2.19. The van der Waals surface area contributed by atoms with Crippen LogP contribution in [0.25, 0.3) is 11.4 Å². The van der Waals surface area contributed by atoms with E-state index in [4.69, 9.17) is 4.52 Å². The second-order valence-electron chi connectivity index (χ2n) is 5.10. The molecule has 0 unspecified atom stereocenters. The molecule has 0 aliphatic heterocycles. The molecule has 0 aliphatic carbocycles. The Morgan fingerprint density at radius 2 is 2.13 bits per heavy atom. The summed E-state index contributed by atoms with van der Waals surface area (Å²) in [4.78, 5) is 15.8. The molecule has 2 heterocycles. The number of nitrogens with one attached hydrogen (secondary N) is 1. The van der Waals surface area contributed by atoms with Gasteiger partial charge in [0, 0.05) is 37.5 Å². The van der Waals surface area contributed by atoms with Gasteiger partial charge in [-0.1, -0.05) is 29.4 Å². The molecular formula is C16H17N5O2. The van der Waals surface area contributed by atoms with Crippen LogP contribution in [0, 0.1) is 0 Å². The Morgan fingerprint density at radius 1 is 1.26 bits per heavy atom. The zero-order valence-electron chi connectivity index (χ0n) is 12.6. The first-order valence-corrected chi connectivity index (χ1v) is 7.41. The fourth-order valence-corrected chi connectivity index (χ4v) is 2.19. The van der Waals surface area contributed by atoms with Gasteiger partial charge in [-0.05, 0) is 18.1 Å². The van der Waals surface area contributed by atoms with Crippen molar-refractivity contribution in [3.05, 3.63) is 54.7 Å². The third-order valence-electron chi connectivity index (χ3n) is 3.41. The van der Waals surface area contributed by atoms with Gasteiger partial charge in [-0.25, -0.2) is 0 Å². The fraction of sp³-hybridized carbons (Fsp3) is 0.250. The molecular weight excluding hydrogens is 294 g/mol. The van der Waals surface area contributed by atoms with Gasteiger partial charge in [0.25, 0.3) is 0 Å². The van der Waals surface area contributed by atoms with E-state index in [9.17, 15) is 4.79 Å². The average molecular weight is 311 g/mol. The van der Waals surface area contributed by atoms with Crippen molar-refractivity contribution in [2.45, 2.75) is 25.9 Å². The summed E-state index contributed by atoms with van der Waals surface area (Å²) < 4.78 is 6.54. The van der Waals surface area contributed by atoms with E-state index in [0.717, 1.165) is 24.1 Å². The molecule has 0 atom stereocenters. The van der Waals surface area contributed by atoms with Gasteiger partial charge in [-0.2, -0.15) is 10.1 Å². The minimum absolute atomic E-state index is 0.0411. The highest BCUT2D eigenvalue weighted by molar-refractivity contribution is 5.75. The molecule has 1 N–H and O–H groups in total. The maximum atomic E-state index is 11.8. The monoisotopic (exact) mass is 311 g/mol. The molecule has 0 bridgehead atoms. The Balaban J connectivity index is 1.42. The molecule has 23 heavy (non-hydrogen) atoms. The minimum Gasteiger partial charge on any atom is -0.352 e. The summed E-state index contributed by atoms with van der Waals surface area (Å²) in [6.45, 7) is 1.26. The van der Waals surface area contributed by atoms with Crippen LogP contribution in [0.3, 0.4) is 0 Å². The van der Waals surface area contributed by atoms with Gasteiger partial charge in [0.15, 0.2) is 0 Å². The largest absolute Gasteiger partial charge is 0.352 e. The molecule has 1 aromatic carbocycles. The van der Waals surface area contributed by atoms with Crippen molar-refractivity contribution >= 4 is 5.91 Å². The van der Waals surface area contributed by atoms with Crippen LogP contribution in [0.5, 0.6) is 0 Å². The standard InChI is InChI=1S/C16H17N5O2/c22-15(3-1-9-21-10-2-8-19-21)17-11-13-4-6-14(7-5-13)16-18-12-23-20-16/h2,4-8,10,12H,1,3,9,11H2,(H,17,22). The number of carbonyl (C=O) groups is 1. The Kier molecular flexibility index (Phi) is 4.78. The van der Waals surface area contributed by atoms with Crippen LogP contribution < -0.4 is 5.32 Å². The molecule has 7 heteroatoms. The van der Waals surface area contributed by atoms with E-state index in [-0.39, 0.29) is 5.91 Å². The number of aryl methyl sites for hydroxylation is 1. The summed E-state index contributed by atoms with van der Waals surface area (Å²) in [5.41, 5.74) is 1.91. The zero-order chi connectivity index (χ0) is 15.9. The van der Waals surface area contributed by atoms with Crippen LogP contribution in [-0.2, 0) is 17.9 Å². The number of aromatic nitrogens is 4. The normalized spacial score (nSPS) is 10.6. The Hall–Kier alpha value is -2.96. The van der Waals surface area contributed by atoms with Crippen LogP contribution in [0.2, 0.25) is 0 Å². The third kappa shape index (κ3) is 4.26. The molecule has 3 rings (SSSR count). The van der Waals surface area contributed by atoms with Gasteiger partial charge in [0.05, 0.1) is 0 Å². The molecule has 0 radical (unpaired) electrons. The number of rotatable bonds is 7. The van der Waals surface area contributed by atoms with Gasteiger partial charge in [0.2, 0.25) is 18.1 Å². The van der Waals surface area contributed by atoms with Crippen LogP contribution in [-0.4, -0.2) is 25.8 Å². The van der Waals surface area contributed by atoms with Crippen molar-refractivity contribution in [2.24, 2.45) is 0 Å². The highest BCUT2D eigenvalue weighted by Crippen LogP contribution is 2.14. The summed E-state index contributed by atoms with van der Waals surface area (Å²) in [7, 11) is 0. The van der Waals surface area contributed by atoms with Crippen molar-refractivity contribution in [2.75, 3.05) is 0 Å². The number of nitrogens with zero attached hydrogens (tertiary/aromatic N) is 4. The maximum Gasteiger partial charge on any atom is 0.220 e. The zero-order valence-corrected chi connectivity index (χ0v) is 12.6. The molecule has 118 valence electrons. The van der Waals surface area contributed by atoms with Crippen LogP contribution in [0.4, 0.5) is 0 Å². The van der Waals surface area contributed by atoms with E-state index >= 15 is 0 Å². The van der Waals surface area contributed by atoms with Gasteiger partial charge >= 0.3 is 0 Å². The molecule has 3 aromatic rings. The van der Waals surface area contributed by atoms with Crippen molar-refractivity contribution < 1.29 is 9.32 Å². The first-order chi connectivity index (χ1) is 11.3. The van der Waals surface area contributed by atoms with E-state index in [1.165, 1.54) is 6.39 Å². The lowest BCUT2D eigenvalue weighted by Crippen LogP contribution is -2.22. The highest BCUT2D eigenvalue weighted by Gasteiger charge is 2.04. The lowest BCUT2D eigenvalue weighted by molar-refractivity contribution is -0.121. The predicted octanol–water partition coefficient (Wildman–Crippen LogP) is 2.03. The molecule has 0 saturated heterocycles. The Bertz CT molecular complexity index is 720. The smallest absolute Gasteiger partial charge is 0.220 e. The van der Waals surface area contributed by atoms with Crippen LogP contribution in [0.1, 0.15) is 18.4 Å².